The minimum atomic E-state index is -0.775. The minimum Gasteiger partial charge on any atom is -0.481 e. The Bertz CT molecular complexity index is 672. The molecule has 0 fully saturated rings. The molecule has 134 valence electrons. The van der Waals surface area contributed by atoms with Crippen LogP contribution in [-0.4, -0.2) is 36.1 Å². The van der Waals surface area contributed by atoms with Gasteiger partial charge in [-0.15, -0.1) is 0 Å². The first-order valence-electron chi connectivity index (χ1n) is 8.13. The monoisotopic (exact) mass is 345 g/mol. The molecule has 0 aliphatic rings. The molecule has 6 nitrogen and oxygen atoms in total. The highest BCUT2D eigenvalue weighted by Gasteiger charge is 2.16. The van der Waals surface area contributed by atoms with E-state index < -0.39 is 18.0 Å². The van der Waals surface area contributed by atoms with Gasteiger partial charge in [0.2, 0.25) is 0 Å². The number of rotatable bonds is 8. The zero-order valence-corrected chi connectivity index (χ0v) is 14.5. The molecule has 0 saturated carbocycles. The van der Waals surface area contributed by atoms with Crippen LogP contribution in [0.5, 0.6) is 0 Å². The van der Waals surface area contributed by atoms with Gasteiger partial charge in [0.25, 0.3) is 5.91 Å². The second kappa shape index (κ2) is 10.9. The van der Waals surface area contributed by atoms with Crippen molar-refractivity contribution in [2.24, 2.45) is 0 Å². The lowest BCUT2D eigenvalue weighted by atomic mass is 10.1. The normalized spacial score (nSPS) is 11.0. The molecule has 0 aliphatic heterocycles. The van der Waals surface area contributed by atoms with Gasteiger partial charge in [-0.25, -0.2) is 4.79 Å². The first kappa shape index (κ1) is 20.2. The summed E-state index contributed by atoms with van der Waals surface area (Å²) in [6.07, 6.45) is 3.20. The van der Waals surface area contributed by atoms with Crippen LogP contribution < -0.4 is 5.32 Å². The highest BCUT2D eigenvalue weighted by Crippen LogP contribution is 2.06. The van der Waals surface area contributed by atoms with Gasteiger partial charge in [-0.2, -0.15) is 0 Å². The maximum absolute atomic E-state index is 12.1. The number of carbonyl (C=O) groups excluding carboxylic acids is 2. The van der Waals surface area contributed by atoms with Crippen molar-refractivity contribution in [1.29, 1.82) is 0 Å². The Morgan fingerprint density at radius 1 is 1.24 bits per heavy atom. The summed E-state index contributed by atoms with van der Waals surface area (Å²) in [5.41, 5.74) is 1.13. The molecule has 25 heavy (non-hydrogen) atoms. The number of carboxylic acid groups (broad SMARTS) is 1. The van der Waals surface area contributed by atoms with E-state index in [1.807, 2.05) is 0 Å². The summed E-state index contributed by atoms with van der Waals surface area (Å²) >= 11 is 0. The largest absolute Gasteiger partial charge is 0.481 e. The molecular formula is C19H23NO5. The highest BCUT2D eigenvalue weighted by atomic mass is 16.5. The summed E-state index contributed by atoms with van der Waals surface area (Å²) in [6.45, 7) is 1.55. The number of ether oxygens (including phenoxy) is 1. The van der Waals surface area contributed by atoms with E-state index in [4.69, 9.17) is 5.11 Å². The molecule has 0 saturated heterocycles. The lowest BCUT2D eigenvalue weighted by Crippen LogP contribution is -2.39. The standard InChI is InChI=1S/C19H23NO5/c1-14(19(24)25-2)20-18(23)16-11-8-10-15(13-16)9-6-4-3-5-7-12-17(21)22/h8,10-11,13-14H,3-5,7,12H2,1-2H3,(H,20,23)(H,21,22)/t14-/m1/s1. The molecule has 0 heterocycles. The Hall–Kier alpha value is -2.81. The van der Waals surface area contributed by atoms with E-state index >= 15 is 0 Å². The topological polar surface area (TPSA) is 92.7 Å². The number of amides is 1. The second-order valence-corrected chi connectivity index (χ2v) is 5.56. The molecule has 2 N–H and O–H groups in total. The third-order valence-electron chi connectivity index (χ3n) is 3.45. The highest BCUT2D eigenvalue weighted by molar-refractivity contribution is 5.96. The fourth-order valence-corrected chi connectivity index (χ4v) is 2.08. The number of benzene rings is 1. The van der Waals surface area contributed by atoms with Crippen LogP contribution in [0.3, 0.4) is 0 Å². The molecule has 0 aromatic heterocycles. The van der Waals surface area contributed by atoms with Crippen molar-refractivity contribution in [1.82, 2.24) is 5.32 Å². The van der Waals surface area contributed by atoms with Crippen LogP contribution in [0.1, 0.15) is 54.9 Å². The van der Waals surface area contributed by atoms with Gasteiger partial charge in [0.1, 0.15) is 6.04 Å². The SMILES string of the molecule is COC(=O)[C@@H](C)NC(=O)c1cccc(C#CCCCCCC(=O)O)c1. The smallest absolute Gasteiger partial charge is 0.328 e. The summed E-state index contributed by atoms with van der Waals surface area (Å²) in [5.74, 6) is 4.36. The maximum atomic E-state index is 12.1. The summed E-state index contributed by atoms with van der Waals surface area (Å²) < 4.78 is 4.57. The molecule has 6 heteroatoms. The first-order valence-corrected chi connectivity index (χ1v) is 8.13. The molecule has 1 rings (SSSR count). The number of aliphatic carboxylic acids is 1. The molecule has 1 atom stereocenters. The van der Waals surface area contributed by atoms with E-state index in [0.717, 1.165) is 12.8 Å². The van der Waals surface area contributed by atoms with Crippen LogP contribution in [0.4, 0.5) is 0 Å². The number of methoxy groups -OCH3 is 1. The van der Waals surface area contributed by atoms with Crippen LogP contribution in [-0.2, 0) is 14.3 Å². The van der Waals surface area contributed by atoms with Crippen molar-refractivity contribution in [2.45, 2.75) is 45.1 Å². The number of esters is 1. The lowest BCUT2D eigenvalue weighted by molar-refractivity contribution is -0.142. The summed E-state index contributed by atoms with van der Waals surface area (Å²) in [6, 6.07) is 6.12. The molecule has 1 aromatic rings. The quantitative estimate of drug-likeness (QED) is 0.429. The average molecular weight is 345 g/mol. The molecular weight excluding hydrogens is 322 g/mol. The molecule has 0 radical (unpaired) electrons. The Morgan fingerprint density at radius 3 is 2.68 bits per heavy atom. The van der Waals surface area contributed by atoms with Gasteiger partial charge in [0, 0.05) is 24.0 Å². The summed E-state index contributed by atoms with van der Waals surface area (Å²) in [7, 11) is 1.27. The van der Waals surface area contributed by atoms with Gasteiger partial charge in [-0.05, 0) is 38.0 Å². The molecule has 0 unspecified atom stereocenters. The van der Waals surface area contributed by atoms with Crippen molar-refractivity contribution in [3.8, 4) is 11.8 Å². The third kappa shape index (κ3) is 8.02. The maximum Gasteiger partial charge on any atom is 0.328 e. The van der Waals surface area contributed by atoms with Gasteiger partial charge in [0.15, 0.2) is 0 Å². The van der Waals surface area contributed by atoms with E-state index in [2.05, 4.69) is 21.9 Å². The van der Waals surface area contributed by atoms with E-state index in [1.54, 1.807) is 31.2 Å². The first-order chi connectivity index (χ1) is 11.9. The fourth-order valence-electron chi connectivity index (χ4n) is 2.08. The van der Waals surface area contributed by atoms with E-state index in [1.165, 1.54) is 7.11 Å². The summed E-state index contributed by atoms with van der Waals surface area (Å²) in [5, 5.41) is 11.1. The van der Waals surface area contributed by atoms with Gasteiger partial charge in [-0.1, -0.05) is 24.3 Å². The van der Waals surface area contributed by atoms with Crippen LogP contribution in [0.25, 0.3) is 0 Å². The number of hydrogen-bond donors (Lipinski definition) is 2. The number of carbonyl (C=O) groups is 3. The second-order valence-electron chi connectivity index (χ2n) is 5.56. The van der Waals surface area contributed by atoms with Crippen molar-refractivity contribution in [2.75, 3.05) is 7.11 Å². The number of nitrogens with one attached hydrogen (secondary N) is 1. The third-order valence-corrected chi connectivity index (χ3v) is 3.45. The van der Waals surface area contributed by atoms with Crippen molar-refractivity contribution in [3.63, 3.8) is 0 Å². The number of hydrogen-bond acceptors (Lipinski definition) is 4. The van der Waals surface area contributed by atoms with E-state index in [0.29, 0.717) is 24.0 Å². The molecule has 1 amide bonds. The van der Waals surface area contributed by atoms with Gasteiger partial charge in [-0.3, -0.25) is 9.59 Å². The molecule has 1 aromatic carbocycles. The molecule has 0 bridgehead atoms. The zero-order valence-electron chi connectivity index (χ0n) is 14.5. The minimum absolute atomic E-state index is 0.189. The van der Waals surface area contributed by atoms with Gasteiger partial charge >= 0.3 is 11.9 Å². The number of carboxylic acids is 1. The van der Waals surface area contributed by atoms with Gasteiger partial charge in [0.05, 0.1) is 7.11 Å². The van der Waals surface area contributed by atoms with Crippen LogP contribution in [0.2, 0.25) is 0 Å². The van der Waals surface area contributed by atoms with Crippen LogP contribution in [0.15, 0.2) is 24.3 Å². The fraction of sp³-hybridized carbons (Fsp3) is 0.421. The predicted molar refractivity (Wildman–Crippen MR) is 93.0 cm³/mol. The molecule has 0 aliphatic carbocycles. The van der Waals surface area contributed by atoms with Crippen LogP contribution in [0, 0.1) is 11.8 Å². The van der Waals surface area contributed by atoms with Crippen molar-refractivity contribution in [3.05, 3.63) is 35.4 Å². The Kier molecular flexibility index (Phi) is 8.80. The Labute approximate surface area is 147 Å². The van der Waals surface area contributed by atoms with Crippen molar-refractivity contribution < 1.29 is 24.2 Å². The van der Waals surface area contributed by atoms with Crippen LogP contribution >= 0.6 is 0 Å². The average Bonchev–Trinajstić information content (AvgIpc) is 2.60. The van der Waals surface area contributed by atoms with Crippen molar-refractivity contribution >= 4 is 17.8 Å². The predicted octanol–water partition coefficient (Wildman–Crippen LogP) is 2.36. The Balaban J connectivity index is 2.52. The number of unbranched alkanes of at least 4 members (excludes halogenated alkanes) is 3. The Morgan fingerprint density at radius 2 is 2.00 bits per heavy atom. The lowest BCUT2D eigenvalue weighted by Gasteiger charge is -2.11. The van der Waals surface area contributed by atoms with Gasteiger partial charge < -0.3 is 15.2 Å². The molecule has 0 spiro atoms. The summed E-state index contributed by atoms with van der Waals surface area (Å²) in [4.78, 5) is 33.9. The van der Waals surface area contributed by atoms with E-state index in [-0.39, 0.29) is 12.3 Å². The zero-order chi connectivity index (χ0) is 18.7. The van der Waals surface area contributed by atoms with E-state index in [9.17, 15) is 14.4 Å².